The Morgan fingerprint density at radius 2 is 1.22 bits per heavy atom. The first-order valence-corrected chi connectivity index (χ1v) is 8.74. The van der Waals surface area contributed by atoms with Crippen molar-refractivity contribution in [1.29, 1.82) is 0 Å². The number of aryl methyl sites for hydroxylation is 2. The molecule has 2 heteroatoms. The van der Waals surface area contributed by atoms with Gasteiger partial charge in [-0.05, 0) is 61.4 Å². The second kappa shape index (κ2) is 8.35. The molecule has 0 N–H and O–H groups in total. The third kappa shape index (κ3) is 4.84. The van der Waals surface area contributed by atoms with Crippen LogP contribution in [-0.2, 0) is 6.42 Å². The Balaban J connectivity index is 1.80. The molecule has 0 aliphatic heterocycles. The van der Waals surface area contributed by atoms with Gasteiger partial charge in [0.15, 0.2) is 0 Å². The fourth-order valence-electron chi connectivity index (χ4n) is 2.53. The lowest BCUT2D eigenvalue weighted by atomic mass is 10.1. The molecule has 0 radical (unpaired) electrons. The highest BCUT2D eigenvalue weighted by atomic mass is 19.1. The quantitative estimate of drug-likeness (QED) is 0.495. The zero-order chi connectivity index (χ0) is 19.2. The van der Waals surface area contributed by atoms with Crippen LogP contribution < -0.4 is 0 Å². The van der Waals surface area contributed by atoms with E-state index in [-0.39, 0.29) is 5.82 Å². The molecule has 0 aromatic heterocycles. The largest absolute Gasteiger partial charge is 0.207 e. The van der Waals surface area contributed by atoms with Crippen molar-refractivity contribution in [3.8, 4) is 23.7 Å². The lowest BCUT2D eigenvalue weighted by Crippen LogP contribution is -1.89. The van der Waals surface area contributed by atoms with Crippen LogP contribution in [0, 0.1) is 42.2 Å². The molecule has 0 unspecified atom stereocenters. The molecule has 0 aliphatic carbocycles. The summed E-state index contributed by atoms with van der Waals surface area (Å²) in [5.41, 5.74) is 4.05. The van der Waals surface area contributed by atoms with Gasteiger partial charge in [-0.1, -0.05) is 54.4 Å². The van der Waals surface area contributed by atoms with Crippen molar-refractivity contribution >= 4 is 0 Å². The maximum atomic E-state index is 14.3. The van der Waals surface area contributed by atoms with E-state index in [1.807, 2.05) is 38.1 Å². The second-order valence-corrected chi connectivity index (χ2v) is 6.22. The Labute approximate surface area is 158 Å². The minimum absolute atomic E-state index is 0.266. The molecule has 0 spiro atoms. The Morgan fingerprint density at radius 1 is 0.667 bits per heavy atom. The van der Waals surface area contributed by atoms with Crippen LogP contribution in [0.15, 0.2) is 60.7 Å². The lowest BCUT2D eigenvalue weighted by Gasteiger charge is -1.99. The maximum absolute atomic E-state index is 14.3. The first kappa shape index (κ1) is 18.4. The van der Waals surface area contributed by atoms with Gasteiger partial charge < -0.3 is 0 Å². The highest BCUT2D eigenvalue weighted by Crippen LogP contribution is 2.12. The van der Waals surface area contributed by atoms with E-state index in [1.165, 1.54) is 12.1 Å². The molecule has 0 bridgehead atoms. The van der Waals surface area contributed by atoms with Crippen molar-refractivity contribution in [3.63, 3.8) is 0 Å². The molecule has 132 valence electrons. The minimum Gasteiger partial charge on any atom is -0.207 e. The van der Waals surface area contributed by atoms with Crippen molar-refractivity contribution in [2.45, 2.75) is 20.3 Å². The van der Waals surface area contributed by atoms with E-state index >= 15 is 0 Å². The predicted octanol–water partition coefficient (Wildman–Crippen LogP) is 5.64. The molecule has 0 amide bonds. The fraction of sp³-hybridized carbons (Fsp3) is 0.120. The third-order valence-electron chi connectivity index (χ3n) is 4.15. The van der Waals surface area contributed by atoms with E-state index in [4.69, 9.17) is 0 Å². The van der Waals surface area contributed by atoms with Gasteiger partial charge in [-0.25, -0.2) is 8.78 Å². The minimum atomic E-state index is -0.422. The number of rotatable bonds is 1. The topological polar surface area (TPSA) is 0 Å². The summed E-state index contributed by atoms with van der Waals surface area (Å²) >= 11 is 0. The SMILES string of the molecule is CCc1ccc(C#Cc2ccc(C#Cc3ccc(C)cc3)c(F)c2)cc1F. The van der Waals surface area contributed by atoms with Crippen LogP contribution in [-0.4, -0.2) is 0 Å². The Morgan fingerprint density at radius 3 is 1.81 bits per heavy atom. The number of hydrogen-bond acceptors (Lipinski definition) is 0. The Kier molecular flexibility index (Phi) is 5.70. The van der Waals surface area contributed by atoms with Crippen LogP contribution in [0.25, 0.3) is 0 Å². The molecule has 0 fully saturated rings. The van der Waals surface area contributed by atoms with Gasteiger partial charge in [0.2, 0.25) is 0 Å². The van der Waals surface area contributed by atoms with Gasteiger partial charge in [-0.2, -0.15) is 0 Å². The number of benzene rings is 3. The molecule has 3 aromatic carbocycles. The van der Waals surface area contributed by atoms with Crippen molar-refractivity contribution in [2.75, 3.05) is 0 Å². The van der Waals surface area contributed by atoms with Gasteiger partial charge in [0, 0.05) is 16.7 Å². The van der Waals surface area contributed by atoms with Crippen LogP contribution >= 0.6 is 0 Å². The van der Waals surface area contributed by atoms with Gasteiger partial charge in [0.1, 0.15) is 11.6 Å². The van der Waals surface area contributed by atoms with E-state index in [1.54, 1.807) is 24.3 Å². The van der Waals surface area contributed by atoms with Crippen molar-refractivity contribution < 1.29 is 8.78 Å². The molecule has 0 heterocycles. The summed E-state index contributed by atoms with van der Waals surface area (Å²) in [4.78, 5) is 0. The van der Waals surface area contributed by atoms with Crippen molar-refractivity contribution in [3.05, 3.63) is 106 Å². The Hall–Kier alpha value is -3.36. The molecular formula is C25H18F2. The van der Waals surface area contributed by atoms with Crippen molar-refractivity contribution in [1.82, 2.24) is 0 Å². The summed E-state index contributed by atoms with van der Waals surface area (Å²) in [5, 5.41) is 0. The smallest absolute Gasteiger partial charge is 0.140 e. The lowest BCUT2D eigenvalue weighted by molar-refractivity contribution is 0.612. The number of halogens is 2. The summed E-state index contributed by atoms with van der Waals surface area (Å²) in [6.07, 6.45) is 0.635. The van der Waals surface area contributed by atoms with Gasteiger partial charge in [-0.15, -0.1) is 0 Å². The average Bonchev–Trinajstić information content (AvgIpc) is 2.67. The van der Waals surface area contributed by atoms with Crippen LogP contribution in [0.3, 0.4) is 0 Å². The summed E-state index contributed by atoms with van der Waals surface area (Å²) in [7, 11) is 0. The first-order chi connectivity index (χ1) is 13.0. The maximum Gasteiger partial charge on any atom is 0.140 e. The number of hydrogen-bond donors (Lipinski definition) is 0. The Bertz CT molecular complexity index is 1090. The normalized spacial score (nSPS) is 9.78. The zero-order valence-corrected chi connectivity index (χ0v) is 15.2. The van der Waals surface area contributed by atoms with Crippen LogP contribution in [0.4, 0.5) is 8.78 Å². The molecular weight excluding hydrogens is 338 g/mol. The standard InChI is InChI=1S/C25H18F2/c1-3-22-13-11-20(16-24(22)26)8-9-21-12-15-23(25(27)17-21)14-10-19-6-4-18(2)5-7-19/h4-7,11-13,15-17H,3H2,1-2H3. The molecule has 0 atom stereocenters. The monoisotopic (exact) mass is 356 g/mol. The molecule has 0 saturated heterocycles. The third-order valence-corrected chi connectivity index (χ3v) is 4.15. The summed E-state index contributed by atoms with van der Waals surface area (Å²) < 4.78 is 28.1. The van der Waals surface area contributed by atoms with Gasteiger partial charge in [-0.3, -0.25) is 0 Å². The van der Waals surface area contributed by atoms with E-state index < -0.39 is 5.82 Å². The van der Waals surface area contributed by atoms with Gasteiger partial charge >= 0.3 is 0 Å². The van der Waals surface area contributed by atoms with E-state index in [2.05, 4.69) is 23.7 Å². The van der Waals surface area contributed by atoms with E-state index in [0.717, 1.165) is 11.1 Å². The summed E-state index contributed by atoms with van der Waals surface area (Å²) in [6, 6.07) is 17.3. The summed E-state index contributed by atoms with van der Waals surface area (Å²) in [5.74, 6) is 10.9. The van der Waals surface area contributed by atoms with E-state index in [9.17, 15) is 8.78 Å². The van der Waals surface area contributed by atoms with Crippen LogP contribution in [0.5, 0.6) is 0 Å². The molecule has 0 nitrogen and oxygen atoms in total. The van der Waals surface area contributed by atoms with Crippen LogP contribution in [0.1, 0.15) is 40.3 Å². The predicted molar refractivity (Wildman–Crippen MR) is 105 cm³/mol. The molecule has 3 aromatic rings. The van der Waals surface area contributed by atoms with E-state index in [0.29, 0.717) is 28.7 Å². The average molecular weight is 356 g/mol. The highest BCUT2D eigenvalue weighted by molar-refractivity contribution is 5.49. The second-order valence-electron chi connectivity index (χ2n) is 6.22. The summed E-state index contributed by atoms with van der Waals surface area (Å²) in [6.45, 7) is 3.90. The molecule has 0 aliphatic rings. The zero-order valence-electron chi connectivity index (χ0n) is 15.2. The van der Waals surface area contributed by atoms with Gasteiger partial charge in [0.05, 0.1) is 5.56 Å². The van der Waals surface area contributed by atoms with Gasteiger partial charge in [0.25, 0.3) is 0 Å². The fourth-order valence-corrected chi connectivity index (χ4v) is 2.53. The van der Waals surface area contributed by atoms with Crippen molar-refractivity contribution in [2.24, 2.45) is 0 Å². The first-order valence-electron chi connectivity index (χ1n) is 8.74. The molecule has 3 rings (SSSR count). The van der Waals surface area contributed by atoms with Crippen LogP contribution in [0.2, 0.25) is 0 Å². The highest BCUT2D eigenvalue weighted by Gasteiger charge is 2.01. The molecule has 0 saturated carbocycles. The molecule has 27 heavy (non-hydrogen) atoms.